The zero-order chi connectivity index (χ0) is 20.1. The van der Waals surface area contributed by atoms with Crippen LogP contribution in [-0.4, -0.2) is 42.4 Å². The Morgan fingerprint density at radius 1 is 1.14 bits per heavy atom. The maximum Gasteiger partial charge on any atom is 0.294 e. The first kappa shape index (κ1) is 19.0. The lowest BCUT2D eigenvalue weighted by Gasteiger charge is -2.26. The minimum absolute atomic E-state index is 0.0220. The highest BCUT2D eigenvalue weighted by Crippen LogP contribution is 2.32. The van der Waals surface area contributed by atoms with Crippen molar-refractivity contribution in [3.05, 3.63) is 69.6 Å². The zero-order valence-electron chi connectivity index (χ0n) is 15.5. The predicted octanol–water partition coefficient (Wildman–Crippen LogP) is 4.00. The van der Waals surface area contributed by atoms with Gasteiger partial charge in [-0.2, -0.15) is 5.10 Å². The van der Waals surface area contributed by atoms with E-state index in [1.807, 2.05) is 30.3 Å². The second-order valence-corrected chi connectivity index (χ2v) is 7.33. The molecule has 148 valence electrons. The second-order valence-electron chi connectivity index (χ2n) is 6.32. The molecular formula is C20H19N5O3S. The average Bonchev–Trinajstić information content (AvgIpc) is 3.19. The molecular weight excluding hydrogens is 390 g/mol. The number of anilines is 2. The van der Waals surface area contributed by atoms with Crippen LogP contribution in [0.15, 0.2) is 59.7 Å². The minimum atomic E-state index is -0.434. The summed E-state index contributed by atoms with van der Waals surface area (Å²) in [5, 5.41) is 16.3. The monoisotopic (exact) mass is 409 g/mol. The van der Waals surface area contributed by atoms with Gasteiger partial charge in [-0.3, -0.25) is 15.5 Å². The number of aromatic nitrogens is 1. The van der Waals surface area contributed by atoms with Crippen LogP contribution in [0.2, 0.25) is 0 Å². The summed E-state index contributed by atoms with van der Waals surface area (Å²) in [6.45, 7) is 2.96. The average molecular weight is 409 g/mol. The first-order chi connectivity index (χ1) is 14.2. The number of hydrazone groups is 1. The first-order valence-corrected chi connectivity index (χ1v) is 9.95. The fourth-order valence-corrected chi connectivity index (χ4v) is 4.00. The second kappa shape index (κ2) is 8.80. The summed E-state index contributed by atoms with van der Waals surface area (Å²) in [5.41, 5.74) is 4.94. The van der Waals surface area contributed by atoms with Crippen LogP contribution < -0.4 is 10.3 Å². The van der Waals surface area contributed by atoms with E-state index in [0.717, 1.165) is 34.4 Å². The molecule has 29 heavy (non-hydrogen) atoms. The highest BCUT2D eigenvalue weighted by molar-refractivity contribution is 7.17. The van der Waals surface area contributed by atoms with Crippen molar-refractivity contribution in [3.63, 3.8) is 0 Å². The van der Waals surface area contributed by atoms with Crippen molar-refractivity contribution in [2.45, 2.75) is 0 Å². The van der Waals surface area contributed by atoms with Crippen LogP contribution in [0.25, 0.3) is 11.3 Å². The number of nitro benzene ring substituents is 1. The maximum absolute atomic E-state index is 11.2. The van der Waals surface area contributed by atoms with Gasteiger partial charge >= 0.3 is 0 Å². The topological polar surface area (TPSA) is 92.9 Å². The van der Waals surface area contributed by atoms with Crippen LogP contribution in [0.4, 0.5) is 16.5 Å². The van der Waals surface area contributed by atoms with E-state index >= 15 is 0 Å². The molecule has 1 fully saturated rings. The number of hydrogen-bond acceptors (Lipinski definition) is 8. The van der Waals surface area contributed by atoms with E-state index in [0.29, 0.717) is 18.9 Å². The SMILES string of the molecule is O=[N+]([O-])c1ccccc1N/N=C\c1sc(N2CCOCC2)nc1-c1ccccc1. The number of nitrogens with zero attached hydrogens (tertiary/aromatic N) is 4. The molecule has 1 aromatic heterocycles. The molecule has 2 aromatic carbocycles. The molecule has 2 heterocycles. The molecule has 0 atom stereocenters. The Morgan fingerprint density at radius 2 is 1.86 bits per heavy atom. The van der Waals surface area contributed by atoms with E-state index < -0.39 is 4.92 Å². The van der Waals surface area contributed by atoms with Gasteiger partial charge < -0.3 is 9.64 Å². The maximum atomic E-state index is 11.2. The van der Waals surface area contributed by atoms with E-state index in [1.54, 1.807) is 35.8 Å². The van der Waals surface area contributed by atoms with E-state index in [-0.39, 0.29) is 5.69 Å². The number of rotatable bonds is 6. The Bertz CT molecular complexity index is 1020. The van der Waals surface area contributed by atoms with Crippen LogP contribution >= 0.6 is 11.3 Å². The standard InChI is InChI=1S/C20H19N5O3S/c26-25(27)17-9-5-4-8-16(17)23-21-14-18-19(15-6-2-1-3-7-15)22-20(29-18)24-10-12-28-13-11-24/h1-9,14,23H,10-13H2/b21-14-. The van der Waals surface area contributed by atoms with Crippen molar-refractivity contribution >= 4 is 34.1 Å². The fraction of sp³-hybridized carbons (Fsp3) is 0.200. The smallest absolute Gasteiger partial charge is 0.294 e. The summed E-state index contributed by atoms with van der Waals surface area (Å²) in [6.07, 6.45) is 1.67. The third-order valence-corrected chi connectivity index (χ3v) is 5.49. The van der Waals surface area contributed by atoms with Crippen LogP contribution in [0, 0.1) is 10.1 Å². The molecule has 1 aliphatic rings. The third kappa shape index (κ3) is 4.41. The molecule has 0 unspecified atom stereocenters. The fourth-order valence-electron chi connectivity index (χ4n) is 2.99. The van der Waals surface area contributed by atoms with E-state index in [2.05, 4.69) is 15.4 Å². The number of hydrogen-bond donors (Lipinski definition) is 1. The molecule has 3 aromatic rings. The van der Waals surface area contributed by atoms with E-state index in [4.69, 9.17) is 9.72 Å². The molecule has 0 aliphatic carbocycles. The third-order valence-electron chi connectivity index (χ3n) is 4.44. The Kier molecular flexibility index (Phi) is 5.78. The van der Waals surface area contributed by atoms with Crippen molar-refractivity contribution < 1.29 is 9.66 Å². The van der Waals surface area contributed by atoms with Crippen LogP contribution in [0.5, 0.6) is 0 Å². The quantitative estimate of drug-likeness (QED) is 0.376. The summed E-state index contributed by atoms with van der Waals surface area (Å²) in [5.74, 6) is 0. The lowest BCUT2D eigenvalue weighted by Crippen LogP contribution is -2.36. The van der Waals surface area contributed by atoms with Gasteiger partial charge in [0.2, 0.25) is 0 Å². The van der Waals surface area contributed by atoms with Crippen molar-refractivity contribution in [3.8, 4) is 11.3 Å². The van der Waals surface area contributed by atoms with Crippen molar-refractivity contribution in [1.29, 1.82) is 0 Å². The summed E-state index contributed by atoms with van der Waals surface area (Å²) in [7, 11) is 0. The van der Waals surface area contributed by atoms with Gasteiger partial charge in [0.15, 0.2) is 5.13 Å². The molecule has 0 spiro atoms. The normalized spacial score (nSPS) is 14.3. The van der Waals surface area contributed by atoms with Crippen LogP contribution in [-0.2, 0) is 4.74 Å². The molecule has 1 aliphatic heterocycles. The number of benzene rings is 2. The molecule has 9 heteroatoms. The summed E-state index contributed by atoms with van der Waals surface area (Å²) in [4.78, 5) is 18.6. The molecule has 8 nitrogen and oxygen atoms in total. The van der Waals surface area contributed by atoms with Gasteiger partial charge in [0, 0.05) is 24.7 Å². The van der Waals surface area contributed by atoms with Gasteiger partial charge in [-0.25, -0.2) is 4.98 Å². The Labute approximate surface area is 171 Å². The van der Waals surface area contributed by atoms with Gasteiger partial charge in [0.05, 0.1) is 34.9 Å². The predicted molar refractivity (Wildman–Crippen MR) is 115 cm³/mol. The number of thiazole rings is 1. The number of nitro groups is 1. The van der Waals surface area contributed by atoms with E-state index in [9.17, 15) is 10.1 Å². The number of ether oxygens (including phenoxy) is 1. The highest BCUT2D eigenvalue weighted by Gasteiger charge is 2.19. The first-order valence-electron chi connectivity index (χ1n) is 9.14. The Balaban J connectivity index is 1.62. The largest absolute Gasteiger partial charge is 0.378 e. The molecule has 1 saturated heterocycles. The van der Waals surface area contributed by atoms with Crippen LogP contribution in [0.3, 0.4) is 0 Å². The Hall–Kier alpha value is -3.30. The molecule has 1 N–H and O–H groups in total. The van der Waals surface area contributed by atoms with Crippen molar-refractivity contribution in [1.82, 2.24) is 4.98 Å². The number of para-hydroxylation sites is 2. The highest BCUT2D eigenvalue weighted by atomic mass is 32.1. The molecule has 0 saturated carbocycles. The zero-order valence-corrected chi connectivity index (χ0v) is 16.3. The summed E-state index contributed by atoms with van der Waals surface area (Å²) < 4.78 is 5.43. The van der Waals surface area contributed by atoms with Gasteiger partial charge in [-0.1, -0.05) is 53.8 Å². The molecule has 0 bridgehead atoms. The van der Waals surface area contributed by atoms with E-state index in [1.165, 1.54) is 6.07 Å². The van der Waals surface area contributed by atoms with Crippen molar-refractivity contribution in [2.24, 2.45) is 5.10 Å². The van der Waals surface area contributed by atoms with Crippen molar-refractivity contribution in [2.75, 3.05) is 36.6 Å². The molecule has 0 amide bonds. The number of morpholine rings is 1. The lowest BCUT2D eigenvalue weighted by atomic mass is 10.1. The minimum Gasteiger partial charge on any atom is -0.378 e. The molecule has 4 rings (SSSR count). The number of nitrogens with one attached hydrogen (secondary N) is 1. The van der Waals surface area contributed by atoms with Gasteiger partial charge in [-0.05, 0) is 6.07 Å². The summed E-state index contributed by atoms with van der Waals surface area (Å²) in [6, 6.07) is 16.3. The lowest BCUT2D eigenvalue weighted by molar-refractivity contribution is -0.384. The Morgan fingerprint density at radius 3 is 2.62 bits per heavy atom. The van der Waals surface area contributed by atoms with Gasteiger partial charge in [0.1, 0.15) is 5.69 Å². The molecule has 0 radical (unpaired) electrons. The van der Waals surface area contributed by atoms with Gasteiger partial charge in [-0.15, -0.1) is 0 Å². The van der Waals surface area contributed by atoms with Gasteiger partial charge in [0.25, 0.3) is 5.69 Å². The summed E-state index contributed by atoms with van der Waals surface area (Å²) >= 11 is 1.54. The van der Waals surface area contributed by atoms with Crippen LogP contribution in [0.1, 0.15) is 4.88 Å².